The second-order valence-corrected chi connectivity index (χ2v) is 6.00. The molecule has 110 valence electrons. The van der Waals surface area contributed by atoms with Crippen LogP contribution in [0, 0.1) is 22.5 Å². The van der Waals surface area contributed by atoms with E-state index in [-0.39, 0.29) is 35.2 Å². The van der Waals surface area contributed by atoms with Gasteiger partial charge in [-0.25, -0.2) is 0 Å². The molecule has 0 spiro atoms. The Bertz CT molecular complexity index is 521. The Labute approximate surface area is 118 Å². The first-order valence-electron chi connectivity index (χ1n) is 6.41. The van der Waals surface area contributed by atoms with Crippen LogP contribution in [0.3, 0.4) is 0 Å². The van der Waals surface area contributed by atoms with E-state index in [9.17, 15) is 14.9 Å². The highest BCUT2D eigenvalue weighted by atomic mass is 16.6. The van der Waals surface area contributed by atoms with Gasteiger partial charge in [0.25, 0.3) is 5.69 Å². The average molecular weight is 279 g/mol. The van der Waals surface area contributed by atoms with Gasteiger partial charge in [-0.1, -0.05) is 26.8 Å². The van der Waals surface area contributed by atoms with Crippen molar-refractivity contribution in [3.63, 3.8) is 0 Å². The van der Waals surface area contributed by atoms with E-state index in [0.717, 1.165) is 5.56 Å². The molecule has 6 heteroatoms. The maximum atomic E-state index is 11.9. The molecule has 20 heavy (non-hydrogen) atoms. The first-order chi connectivity index (χ1) is 9.11. The Morgan fingerprint density at radius 2 is 2.05 bits per heavy atom. The Hall–Kier alpha value is -1.95. The van der Waals surface area contributed by atoms with Gasteiger partial charge < -0.3 is 11.1 Å². The summed E-state index contributed by atoms with van der Waals surface area (Å²) >= 11 is 0. The zero-order valence-corrected chi connectivity index (χ0v) is 12.3. The molecule has 0 aromatic heterocycles. The SMILES string of the molecule is Cc1ccc(NC(=O)CC(N)C(C)(C)C)c([N+](=O)[O-])c1. The van der Waals surface area contributed by atoms with Crippen molar-refractivity contribution in [2.75, 3.05) is 5.32 Å². The highest BCUT2D eigenvalue weighted by Gasteiger charge is 2.24. The van der Waals surface area contributed by atoms with Crippen molar-refractivity contribution in [1.82, 2.24) is 0 Å². The molecule has 3 N–H and O–H groups in total. The van der Waals surface area contributed by atoms with Gasteiger partial charge in [0, 0.05) is 18.5 Å². The molecular weight excluding hydrogens is 258 g/mol. The summed E-state index contributed by atoms with van der Waals surface area (Å²) in [5.41, 5.74) is 6.59. The van der Waals surface area contributed by atoms with E-state index >= 15 is 0 Å². The van der Waals surface area contributed by atoms with E-state index in [1.165, 1.54) is 12.1 Å². The lowest BCUT2D eigenvalue weighted by Crippen LogP contribution is -2.38. The van der Waals surface area contributed by atoms with Crippen LogP contribution in [0.25, 0.3) is 0 Å². The average Bonchev–Trinajstić information content (AvgIpc) is 2.29. The normalized spacial score (nSPS) is 12.8. The Morgan fingerprint density at radius 1 is 1.45 bits per heavy atom. The molecule has 1 aromatic carbocycles. The summed E-state index contributed by atoms with van der Waals surface area (Å²) in [5, 5.41) is 13.5. The molecule has 0 aliphatic rings. The van der Waals surface area contributed by atoms with E-state index in [1.807, 2.05) is 20.8 Å². The van der Waals surface area contributed by atoms with E-state index in [2.05, 4.69) is 5.32 Å². The number of carbonyl (C=O) groups is 1. The standard InChI is InChI=1S/C14H21N3O3/c1-9-5-6-10(11(7-9)17(19)20)16-13(18)8-12(15)14(2,3)4/h5-7,12H,8,15H2,1-4H3,(H,16,18). The van der Waals surface area contributed by atoms with Crippen LogP contribution >= 0.6 is 0 Å². The summed E-state index contributed by atoms with van der Waals surface area (Å²) in [7, 11) is 0. The van der Waals surface area contributed by atoms with Crippen LogP contribution in [0.1, 0.15) is 32.8 Å². The highest BCUT2D eigenvalue weighted by molar-refractivity contribution is 5.93. The van der Waals surface area contributed by atoms with Crippen LogP contribution in [0.4, 0.5) is 11.4 Å². The third-order valence-electron chi connectivity index (χ3n) is 3.14. The number of nitrogens with zero attached hydrogens (tertiary/aromatic N) is 1. The first-order valence-corrected chi connectivity index (χ1v) is 6.41. The predicted molar refractivity (Wildman–Crippen MR) is 78.5 cm³/mol. The summed E-state index contributed by atoms with van der Waals surface area (Å²) in [5.74, 6) is -0.320. The molecule has 0 bridgehead atoms. The van der Waals surface area contributed by atoms with Crippen molar-refractivity contribution in [2.24, 2.45) is 11.1 Å². The van der Waals surface area contributed by atoms with Gasteiger partial charge in [-0.15, -0.1) is 0 Å². The van der Waals surface area contributed by atoms with Gasteiger partial charge in [0.1, 0.15) is 5.69 Å². The van der Waals surface area contributed by atoms with Crippen molar-refractivity contribution in [3.8, 4) is 0 Å². The fourth-order valence-electron chi connectivity index (χ4n) is 1.61. The van der Waals surface area contributed by atoms with Crippen LogP contribution in [0.2, 0.25) is 0 Å². The highest BCUT2D eigenvalue weighted by Crippen LogP contribution is 2.26. The monoisotopic (exact) mass is 279 g/mol. The molecule has 1 amide bonds. The lowest BCUT2D eigenvalue weighted by Gasteiger charge is -2.26. The van der Waals surface area contributed by atoms with E-state index in [1.54, 1.807) is 13.0 Å². The summed E-state index contributed by atoms with van der Waals surface area (Å²) < 4.78 is 0. The molecule has 0 aliphatic heterocycles. The number of carbonyl (C=O) groups excluding carboxylic acids is 1. The van der Waals surface area contributed by atoms with Crippen molar-refractivity contribution in [3.05, 3.63) is 33.9 Å². The molecule has 0 heterocycles. The molecular formula is C14H21N3O3. The zero-order chi connectivity index (χ0) is 15.5. The fourth-order valence-corrected chi connectivity index (χ4v) is 1.61. The Balaban J connectivity index is 2.84. The minimum absolute atomic E-state index is 0.109. The number of nitrogens with two attached hydrogens (primary N) is 1. The summed E-state index contributed by atoms with van der Waals surface area (Å²) in [6.45, 7) is 7.59. The number of hydrogen-bond donors (Lipinski definition) is 2. The van der Waals surface area contributed by atoms with Crippen molar-refractivity contribution in [2.45, 2.75) is 40.2 Å². The second kappa shape index (κ2) is 6.00. The zero-order valence-electron chi connectivity index (χ0n) is 12.3. The lowest BCUT2D eigenvalue weighted by atomic mass is 9.85. The smallest absolute Gasteiger partial charge is 0.293 e. The number of nitro groups is 1. The van der Waals surface area contributed by atoms with Gasteiger partial charge in [0.05, 0.1) is 4.92 Å². The number of anilines is 1. The molecule has 1 aromatic rings. The predicted octanol–water partition coefficient (Wildman–Crippen LogP) is 2.61. The topological polar surface area (TPSA) is 98.3 Å². The number of aryl methyl sites for hydroxylation is 1. The molecule has 1 rings (SSSR count). The largest absolute Gasteiger partial charge is 0.327 e. The fraction of sp³-hybridized carbons (Fsp3) is 0.500. The molecule has 0 aliphatic carbocycles. The van der Waals surface area contributed by atoms with Gasteiger partial charge in [-0.05, 0) is 24.0 Å². The number of nitrogens with one attached hydrogen (secondary N) is 1. The van der Waals surface area contributed by atoms with E-state index < -0.39 is 4.92 Å². The minimum atomic E-state index is -0.508. The molecule has 0 saturated carbocycles. The van der Waals surface area contributed by atoms with Crippen LogP contribution in [0.5, 0.6) is 0 Å². The van der Waals surface area contributed by atoms with Crippen molar-refractivity contribution < 1.29 is 9.72 Å². The van der Waals surface area contributed by atoms with Gasteiger partial charge in [0.15, 0.2) is 0 Å². The molecule has 6 nitrogen and oxygen atoms in total. The van der Waals surface area contributed by atoms with Gasteiger partial charge in [-0.2, -0.15) is 0 Å². The number of nitro benzene ring substituents is 1. The van der Waals surface area contributed by atoms with E-state index in [4.69, 9.17) is 5.73 Å². The number of benzene rings is 1. The van der Waals surface area contributed by atoms with Crippen LogP contribution in [-0.2, 0) is 4.79 Å². The number of amides is 1. The second-order valence-electron chi connectivity index (χ2n) is 6.00. The summed E-state index contributed by atoms with van der Waals surface area (Å²) in [4.78, 5) is 22.4. The third-order valence-corrected chi connectivity index (χ3v) is 3.14. The number of hydrogen-bond acceptors (Lipinski definition) is 4. The maximum Gasteiger partial charge on any atom is 0.293 e. The molecule has 1 unspecified atom stereocenters. The minimum Gasteiger partial charge on any atom is -0.327 e. The first kappa shape index (κ1) is 16.1. The van der Waals surface area contributed by atoms with Gasteiger partial charge in [-0.3, -0.25) is 14.9 Å². The molecule has 0 saturated heterocycles. The van der Waals surface area contributed by atoms with Crippen molar-refractivity contribution >= 4 is 17.3 Å². The summed E-state index contributed by atoms with van der Waals surface area (Å²) in [6, 6.07) is 4.37. The quantitative estimate of drug-likeness (QED) is 0.653. The molecule has 0 fully saturated rings. The Morgan fingerprint density at radius 3 is 2.55 bits per heavy atom. The van der Waals surface area contributed by atoms with Crippen LogP contribution < -0.4 is 11.1 Å². The van der Waals surface area contributed by atoms with Gasteiger partial charge in [0.2, 0.25) is 5.91 Å². The molecule has 1 atom stereocenters. The van der Waals surface area contributed by atoms with Crippen LogP contribution in [-0.4, -0.2) is 16.9 Å². The van der Waals surface area contributed by atoms with Gasteiger partial charge >= 0.3 is 0 Å². The van der Waals surface area contributed by atoms with E-state index in [0.29, 0.717) is 0 Å². The third kappa shape index (κ3) is 4.31. The maximum absolute atomic E-state index is 11.9. The van der Waals surface area contributed by atoms with Crippen LogP contribution in [0.15, 0.2) is 18.2 Å². The lowest BCUT2D eigenvalue weighted by molar-refractivity contribution is -0.384. The van der Waals surface area contributed by atoms with Crippen molar-refractivity contribution in [1.29, 1.82) is 0 Å². The Kier molecular flexibility index (Phi) is 4.83. The molecule has 0 radical (unpaired) electrons. The summed E-state index contributed by atoms with van der Waals surface area (Å²) in [6.07, 6.45) is 0.120. The number of rotatable bonds is 4.